The SMILES string of the molecule is CCSCCNCCP(c1ccccc1)c1ccccc1.ClP(Cl)(c1ccccc1)(c1ccccc1)c1ccccc1.[Ru]. The summed E-state index contributed by atoms with van der Waals surface area (Å²) in [6.45, 7) is 4.43. The van der Waals surface area contributed by atoms with Crippen molar-refractivity contribution in [3.63, 3.8) is 0 Å². The van der Waals surface area contributed by atoms with Crippen molar-refractivity contribution in [1.82, 2.24) is 5.32 Å². The molecule has 0 aliphatic heterocycles. The Bertz CT molecular complexity index is 1300. The van der Waals surface area contributed by atoms with Crippen LogP contribution in [-0.4, -0.2) is 30.8 Å². The summed E-state index contributed by atoms with van der Waals surface area (Å²) < 4.78 is 0. The first-order valence-corrected chi connectivity index (χ1v) is 21.0. The fourth-order valence-electron chi connectivity index (χ4n) is 4.74. The number of hydrogen-bond donors (Lipinski definition) is 1. The van der Waals surface area contributed by atoms with Gasteiger partial charge in [0.2, 0.25) is 0 Å². The molecule has 0 saturated heterocycles. The maximum atomic E-state index is 7.27. The van der Waals surface area contributed by atoms with Crippen molar-refractivity contribution >= 4 is 74.0 Å². The third-order valence-corrected chi connectivity index (χ3v) is 17.4. The average molecular weight is 752 g/mol. The molecule has 5 aromatic carbocycles. The summed E-state index contributed by atoms with van der Waals surface area (Å²) >= 11 is 16.5. The van der Waals surface area contributed by atoms with E-state index in [2.05, 4.69) is 72.9 Å². The molecule has 0 saturated carbocycles. The summed E-state index contributed by atoms with van der Waals surface area (Å²) in [5.41, 5.74) is 0. The Balaban J connectivity index is 0.000000230. The largest absolute Gasteiger partial charge is 0 e. The van der Waals surface area contributed by atoms with Crippen LogP contribution in [0.15, 0.2) is 152 Å². The Labute approximate surface area is 286 Å². The van der Waals surface area contributed by atoms with Gasteiger partial charge in [-0.1, -0.05) is 67.6 Å². The van der Waals surface area contributed by atoms with Crippen LogP contribution in [0.4, 0.5) is 0 Å². The molecular formula is C36H39Cl2NP2RuS. The second-order valence-corrected chi connectivity index (χ2v) is 21.4. The van der Waals surface area contributed by atoms with Crippen molar-refractivity contribution in [2.45, 2.75) is 6.92 Å². The molecule has 0 aromatic heterocycles. The molecule has 5 rings (SSSR count). The van der Waals surface area contributed by atoms with Gasteiger partial charge in [0.15, 0.2) is 0 Å². The molecule has 0 amide bonds. The first-order valence-electron chi connectivity index (χ1n) is 14.3. The molecule has 1 nitrogen and oxygen atoms in total. The number of rotatable bonds is 12. The second-order valence-electron chi connectivity index (χ2n) is 9.68. The maximum absolute atomic E-state index is 7.27. The molecule has 0 aliphatic carbocycles. The minimum Gasteiger partial charge on any atom is 0 e. The molecule has 0 spiro atoms. The zero-order valence-corrected chi connectivity index (χ0v) is 30.2. The van der Waals surface area contributed by atoms with Crippen molar-refractivity contribution in [2.75, 3.05) is 30.8 Å². The van der Waals surface area contributed by atoms with Crippen LogP contribution in [0, 0.1) is 0 Å². The Morgan fingerprint density at radius 1 is 0.558 bits per heavy atom. The van der Waals surface area contributed by atoms with Gasteiger partial charge in [0.05, 0.1) is 0 Å². The quantitative estimate of drug-likeness (QED) is 0.0783. The van der Waals surface area contributed by atoms with E-state index in [9.17, 15) is 0 Å². The fourth-order valence-corrected chi connectivity index (χ4v) is 12.6. The average Bonchev–Trinajstić information content (AvgIpc) is 3.07. The molecule has 43 heavy (non-hydrogen) atoms. The van der Waals surface area contributed by atoms with E-state index in [0.717, 1.165) is 29.0 Å². The van der Waals surface area contributed by atoms with E-state index in [1.807, 2.05) is 103 Å². The Hall–Kier alpha value is -1.53. The van der Waals surface area contributed by atoms with Crippen molar-refractivity contribution < 1.29 is 19.5 Å². The Kier molecular flexibility index (Phi) is 15.4. The molecule has 1 N–H and O–H groups in total. The van der Waals surface area contributed by atoms with Crippen LogP contribution in [-0.2, 0) is 19.5 Å². The van der Waals surface area contributed by atoms with Crippen molar-refractivity contribution in [3.05, 3.63) is 152 Å². The second kappa shape index (κ2) is 18.4. The standard InChI is InChI=1S/C18H15Cl2P.C18H24NPS.Ru/c19-21(20,16-10-4-1-5-11-16,17-12-6-2-7-13-17)18-14-8-3-9-15-18;1-2-21-16-14-19-13-15-20(17-9-5-3-6-10-17)18-11-7-4-8-12-18;/h1-15H;3-12,19H,2,13-16H2,1H3;. The van der Waals surface area contributed by atoms with Crippen molar-refractivity contribution in [1.29, 1.82) is 0 Å². The van der Waals surface area contributed by atoms with Crippen molar-refractivity contribution in [2.24, 2.45) is 0 Å². The van der Waals surface area contributed by atoms with E-state index >= 15 is 0 Å². The van der Waals surface area contributed by atoms with E-state index in [1.54, 1.807) is 0 Å². The minimum atomic E-state index is -3.43. The molecule has 0 aliphatic rings. The van der Waals surface area contributed by atoms with Crippen LogP contribution in [0.1, 0.15) is 6.92 Å². The smallest absolute Gasteiger partial charge is 0 e. The van der Waals surface area contributed by atoms with Gasteiger partial charge in [0, 0.05) is 31.8 Å². The third kappa shape index (κ3) is 9.73. The summed E-state index contributed by atoms with van der Waals surface area (Å²) in [5, 5.41) is 5.99. The van der Waals surface area contributed by atoms with Crippen LogP contribution < -0.4 is 31.8 Å². The summed E-state index contributed by atoms with van der Waals surface area (Å²) in [6, 6.07) is 51.8. The molecule has 7 heteroatoms. The number of halogens is 2. The van der Waals surface area contributed by atoms with Gasteiger partial charge in [-0.3, -0.25) is 0 Å². The van der Waals surface area contributed by atoms with E-state index in [1.165, 1.54) is 28.3 Å². The Morgan fingerprint density at radius 2 is 0.907 bits per heavy atom. The fraction of sp³-hybridized carbons (Fsp3) is 0.167. The topological polar surface area (TPSA) is 12.0 Å². The van der Waals surface area contributed by atoms with Crippen LogP contribution >= 0.6 is 47.5 Å². The van der Waals surface area contributed by atoms with Gasteiger partial charge in [-0.05, 0) is 37.0 Å². The van der Waals surface area contributed by atoms with Crippen molar-refractivity contribution in [3.8, 4) is 0 Å². The first-order chi connectivity index (χ1) is 20.5. The number of nitrogens with one attached hydrogen (secondary N) is 1. The molecule has 5 aromatic rings. The molecule has 0 fully saturated rings. The molecule has 0 atom stereocenters. The predicted molar refractivity (Wildman–Crippen MR) is 197 cm³/mol. The van der Waals surface area contributed by atoms with Gasteiger partial charge in [-0.25, -0.2) is 0 Å². The van der Waals surface area contributed by atoms with E-state index < -0.39 is 5.31 Å². The maximum Gasteiger partial charge on any atom is 0 e. The molecule has 0 bridgehead atoms. The molecule has 0 heterocycles. The first kappa shape index (κ1) is 35.9. The van der Waals surface area contributed by atoms with E-state index in [0.29, 0.717) is 0 Å². The predicted octanol–water partition coefficient (Wildman–Crippen LogP) is 8.28. The number of thioether (sulfide) groups is 1. The van der Waals surface area contributed by atoms with Gasteiger partial charge < -0.3 is 5.32 Å². The van der Waals surface area contributed by atoms with Crippen LogP contribution in [0.25, 0.3) is 0 Å². The zero-order chi connectivity index (χ0) is 29.5. The van der Waals surface area contributed by atoms with Crippen LogP contribution in [0.2, 0.25) is 0 Å². The van der Waals surface area contributed by atoms with Gasteiger partial charge in [-0.2, -0.15) is 11.8 Å². The summed E-state index contributed by atoms with van der Waals surface area (Å²) in [4.78, 5) is 0. The summed E-state index contributed by atoms with van der Waals surface area (Å²) in [5.74, 6) is 2.42. The molecular weight excluding hydrogens is 712 g/mol. The zero-order valence-electron chi connectivity index (χ0n) is 24.4. The summed E-state index contributed by atoms with van der Waals surface area (Å²) in [6.07, 6.45) is 1.21. The molecule has 226 valence electrons. The molecule has 0 radical (unpaired) electrons. The van der Waals surface area contributed by atoms with E-state index in [-0.39, 0.29) is 27.4 Å². The normalized spacial score (nSPS) is 11.9. The minimum absolute atomic E-state index is 0. The van der Waals surface area contributed by atoms with Gasteiger partial charge in [0.1, 0.15) is 0 Å². The monoisotopic (exact) mass is 751 g/mol. The van der Waals surface area contributed by atoms with Gasteiger partial charge in [-0.15, -0.1) is 0 Å². The van der Waals surface area contributed by atoms with Gasteiger partial charge in [0.25, 0.3) is 0 Å². The van der Waals surface area contributed by atoms with Crippen LogP contribution in [0.5, 0.6) is 0 Å². The van der Waals surface area contributed by atoms with Gasteiger partial charge >= 0.3 is 135 Å². The van der Waals surface area contributed by atoms with E-state index in [4.69, 9.17) is 22.5 Å². The number of benzene rings is 5. The third-order valence-electron chi connectivity index (χ3n) is 6.90. The number of hydrogen-bond acceptors (Lipinski definition) is 2. The van der Waals surface area contributed by atoms with Crippen LogP contribution in [0.3, 0.4) is 0 Å². The molecule has 0 unspecified atom stereocenters. The summed E-state index contributed by atoms with van der Waals surface area (Å²) in [7, 11) is -0.245. The Morgan fingerprint density at radius 3 is 1.26 bits per heavy atom.